The van der Waals surface area contributed by atoms with Gasteiger partial charge in [-0.05, 0) is 12.8 Å². The highest BCUT2D eigenvalue weighted by molar-refractivity contribution is 6.16. The summed E-state index contributed by atoms with van der Waals surface area (Å²) in [6, 6.07) is 0.465. The SMILES string of the molecule is ClCc1cncc(N2CCOC3CCCCC32)n1. The molecule has 0 N–H and O–H groups in total. The zero-order valence-electron chi connectivity index (χ0n) is 10.4. The van der Waals surface area contributed by atoms with Crippen molar-refractivity contribution >= 4 is 17.4 Å². The van der Waals surface area contributed by atoms with Crippen molar-refractivity contribution in [3.8, 4) is 0 Å². The van der Waals surface area contributed by atoms with E-state index in [-0.39, 0.29) is 0 Å². The molecule has 2 atom stereocenters. The van der Waals surface area contributed by atoms with E-state index >= 15 is 0 Å². The van der Waals surface area contributed by atoms with Gasteiger partial charge in [0.1, 0.15) is 5.82 Å². The Hall–Kier alpha value is -0.870. The monoisotopic (exact) mass is 267 g/mol. The molecular weight excluding hydrogens is 250 g/mol. The van der Waals surface area contributed by atoms with Crippen molar-refractivity contribution in [3.63, 3.8) is 0 Å². The molecule has 5 heteroatoms. The molecule has 1 aromatic heterocycles. The number of anilines is 1. The van der Waals surface area contributed by atoms with Gasteiger partial charge in [-0.2, -0.15) is 0 Å². The number of rotatable bonds is 2. The number of hydrogen-bond acceptors (Lipinski definition) is 4. The van der Waals surface area contributed by atoms with Crippen LogP contribution in [0.1, 0.15) is 31.4 Å². The fourth-order valence-electron chi connectivity index (χ4n) is 2.98. The topological polar surface area (TPSA) is 38.2 Å². The molecule has 98 valence electrons. The van der Waals surface area contributed by atoms with Gasteiger partial charge >= 0.3 is 0 Å². The van der Waals surface area contributed by atoms with Gasteiger partial charge in [0.2, 0.25) is 0 Å². The number of morpholine rings is 1. The number of ether oxygens (including phenoxy) is 1. The molecule has 1 saturated carbocycles. The van der Waals surface area contributed by atoms with Gasteiger partial charge < -0.3 is 9.64 Å². The number of fused-ring (bicyclic) bond motifs is 1. The minimum absolute atomic E-state index is 0.369. The standard InChI is InChI=1S/C13H18ClN3O/c14-7-10-8-15-9-13(16-10)17-5-6-18-12-4-2-1-3-11(12)17/h8-9,11-12H,1-7H2. The average molecular weight is 268 g/mol. The maximum absolute atomic E-state index is 5.87. The molecule has 0 aromatic carbocycles. The predicted octanol–water partition coefficient (Wildman–Crippen LogP) is 2.36. The third-order valence-electron chi connectivity index (χ3n) is 3.84. The van der Waals surface area contributed by atoms with Crippen LogP contribution < -0.4 is 4.90 Å². The van der Waals surface area contributed by atoms with E-state index in [1.54, 1.807) is 6.20 Å². The Balaban J connectivity index is 1.84. The molecule has 0 bridgehead atoms. The summed E-state index contributed by atoms with van der Waals surface area (Å²) in [5.74, 6) is 1.37. The van der Waals surface area contributed by atoms with Gasteiger partial charge in [-0.3, -0.25) is 4.98 Å². The molecule has 2 aliphatic rings. The van der Waals surface area contributed by atoms with Gasteiger partial charge in [0.05, 0.1) is 36.5 Å². The van der Waals surface area contributed by atoms with Crippen molar-refractivity contribution in [1.82, 2.24) is 9.97 Å². The Morgan fingerprint density at radius 3 is 3.11 bits per heavy atom. The second-order valence-electron chi connectivity index (χ2n) is 4.96. The maximum atomic E-state index is 5.87. The first kappa shape index (κ1) is 12.2. The van der Waals surface area contributed by atoms with E-state index in [0.717, 1.165) is 24.7 Å². The van der Waals surface area contributed by atoms with Crippen LogP contribution in [-0.2, 0) is 10.6 Å². The second-order valence-corrected chi connectivity index (χ2v) is 5.22. The molecule has 1 aliphatic heterocycles. The van der Waals surface area contributed by atoms with E-state index in [4.69, 9.17) is 16.3 Å². The van der Waals surface area contributed by atoms with Gasteiger partial charge in [0, 0.05) is 12.7 Å². The minimum atomic E-state index is 0.369. The van der Waals surface area contributed by atoms with Crippen LogP contribution in [0.2, 0.25) is 0 Å². The van der Waals surface area contributed by atoms with Crippen LogP contribution in [0.3, 0.4) is 0 Å². The van der Waals surface area contributed by atoms with Gasteiger partial charge in [-0.25, -0.2) is 4.98 Å². The van der Waals surface area contributed by atoms with E-state index in [1.807, 2.05) is 6.20 Å². The Labute approximate surface area is 112 Å². The largest absolute Gasteiger partial charge is 0.374 e. The lowest BCUT2D eigenvalue weighted by Crippen LogP contribution is -2.53. The maximum Gasteiger partial charge on any atom is 0.147 e. The number of hydrogen-bond donors (Lipinski definition) is 0. The summed E-state index contributed by atoms with van der Waals surface area (Å²) in [5, 5.41) is 0. The third kappa shape index (κ3) is 2.31. The Kier molecular flexibility index (Phi) is 3.66. The molecule has 1 aromatic rings. The summed E-state index contributed by atoms with van der Waals surface area (Å²) in [7, 11) is 0. The van der Waals surface area contributed by atoms with E-state index < -0.39 is 0 Å². The fourth-order valence-corrected chi connectivity index (χ4v) is 3.11. The summed E-state index contributed by atoms with van der Waals surface area (Å²) in [6.07, 6.45) is 8.87. The first-order valence-corrected chi connectivity index (χ1v) is 7.17. The van der Waals surface area contributed by atoms with Crippen LogP contribution >= 0.6 is 11.6 Å². The van der Waals surface area contributed by atoms with Crippen LogP contribution in [0.15, 0.2) is 12.4 Å². The van der Waals surface area contributed by atoms with Crippen LogP contribution in [-0.4, -0.2) is 35.3 Å². The zero-order chi connectivity index (χ0) is 12.4. The van der Waals surface area contributed by atoms with Gasteiger partial charge in [-0.1, -0.05) is 12.8 Å². The molecular formula is C13H18ClN3O. The van der Waals surface area contributed by atoms with E-state index in [2.05, 4.69) is 14.9 Å². The summed E-state index contributed by atoms with van der Waals surface area (Å²) >= 11 is 5.83. The quantitative estimate of drug-likeness (QED) is 0.771. The molecule has 18 heavy (non-hydrogen) atoms. The number of nitrogens with zero attached hydrogens (tertiary/aromatic N) is 3. The number of halogens is 1. The Morgan fingerprint density at radius 1 is 1.33 bits per heavy atom. The third-order valence-corrected chi connectivity index (χ3v) is 4.11. The molecule has 0 spiro atoms. The normalized spacial score (nSPS) is 27.9. The summed E-state index contributed by atoms with van der Waals surface area (Å²) in [5.41, 5.74) is 0.841. The van der Waals surface area contributed by atoms with Crippen molar-refractivity contribution in [2.75, 3.05) is 18.1 Å². The van der Waals surface area contributed by atoms with Crippen molar-refractivity contribution < 1.29 is 4.74 Å². The first-order valence-electron chi connectivity index (χ1n) is 6.63. The van der Waals surface area contributed by atoms with E-state index in [1.165, 1.54) is 25.7 Å². The van der Waals surface area contributed by atoms with Crippen molar-refractivity contribution in [1.29, 1.82) is 0 Å². The molecule has 1 aliphatic carbocycles. The van der Waals surface area contributed by atoms with E-state index in [0.29, 0.717) is 18.0 Å². The van der Waals surface area contributed by atoms with Crippen LogP contribution in [0.5, 0.6) is 0 Å². The molecule has 2 unspecified atom stereocenters. The Morgan fingerprint density at radius 2 is 2.22 bits per heavy atom. The minimum Gasteiger partial charge on any atom is -0.374 e. The lowest BCUT2D eigenvalue weighted by molar-refractivity contribution is -0.00902. The summed E-state index contributed by atoms with van der Waals surface area (Å²) in [4.78, 5) is 11.2. The van der Waals surface area contributed by atoms with Gasteiger partial charge in [0.15, 0.2) is 0 Å². The molecule has 1 saturated heterocycles. The van der Waals surface area contributed by atoms with E-state index in [9.17, 15) is 0 Å². The lowest BCUT2D eigenvalue weighted by atomic mass is 9.90. The molecule has 4 nitrogen and oxygen atoms in total. The molecule has 0 radical (unpaired) electrons. The summed E-state index contributed by atoms with van der Waals surface area (Å²) < 4.78 is 5.87. The molecule has 3 rings (SSSR count). The van der Waals surface area contributed by atoms with Crippen molar-refractivity contribution in [2.45, 2.75) is 43.7 Å². The molecule has 2 fully saturated rings. The van der Waals surface area contributed by atoms with Crippen LogP contribution in [0.4, 0.5) is 5.82 Å². The smallest absolute Gasteiger partial charge is 0.147 e. The van der Waals surface area contributed by atoms with Gasteiger partial charge in [0.25, 0.3) is 0 Å². The lowest BCUT2D eigenvalue weighted by Gasteiger charge is -2.44. The predicted molar refractivity (Wildman–Crippen MR) is 70.9 cm³/mol. The van der Waals surface area contributed by atoms with Crippen LogP contribution in [0, 0.1) is 0 Å². The average Bonchev–Trinajstić information content (AvgIpc) is 2.47. The number of alkyl halides is 1. The highest BCUT2D eigenvalue weighted by atomic mass is 35.5. The highest BCUT2D eigenvalue weighted by Crippen LogP contribution is 2.30. The first-order chi connectivity index (χ1) is 8.88. The van der Waals surface area contributed by atoms with Crippen LogP contribution in [0.25, 0.3) is 0 Å². The fraction of sp³-hybridized carbons (Fsp3) is 0.692. The molecule has 0 amide bonds. The van der Waals surface area contributed by atoms with Crippen molar-refractivity contribution in [3.05, 3.63) is 18.1 Å². The zero-order valence-corrected chi connectivity index (χ0v) is 11.1. The Bertz CT molecular complexity index is 413. The van der Waals surface area contributed by atoms with Crippen molar-refractivity contribution in [2.24, 2.45) is 0 Å². The summed E-state index contributed by atoms with van der Waals surface area (Å²) in [6.45, 7) is 1.69. The number of aromatic nitrogens is 2. The second kappa shape index (κ2) is 5.41. The highest BCUT2D eigenvalue weighted by Gasteiger charge is 2.34. The van der Waals surface area contributed by atoms with Gasteiger partial charge in [-0.15, -0.1) is 11.6 Å². The molecule has 2 heterocycles.